The van der Waals surface area contributed by atoms with Crippen molar-refractivity contribution in [2.75, 3.05) is 13.2 Å². The standard InChI is InChI=1S/C20H22ClNO4/c1-12-4-7-17(21)19(8-12)25-11-20(24)26-10-18(23)16-9-13(2)22(14(16)3)15-5-6-15/h4,7-9,15H,5-6,10-11H2,1-3H3. The summed E-state index contributed by atoms with van der Waals surface area (Å²) in [6.07, 6.45) is 2.30. The summed E-state index contributed by atoms with van der Waals surface area (Å²) in [5, 5.41) is 0.423. The van der Waals surface area contributed by atoms with Crippen LogP contribution in [0.5, 0.6) is 5.75 Å². The molecule has 1 aromatic heterocycles. The van der Waals surface area contributed by atoms with Crippen molar-refractivity contribution in [3.63, 3.8) is 0 Å². The minimum Gasteiger partial charge on any atom is -0.480 e. The van der Waals surface area contributed by atoms with Crippen LogP contribution in [0.3, 0.4) is 0 Å². The maximum atomic E-state index is 12.4. The van der Waals surface area contributed by atoms with Gasteiger partial charge in [0, 0.05) is 23.0 Å². The van der Waals surface area contributed by atoms with Crippen molar-refractivity contribution < 1.29 is 19.1 Å². The van der Waals surface area contributed by atoms with E-state index in [0.29, 0.717) is 22.4 Å². The first-order valence-corrected chi connectivity index (χ1v) is 9.01. The number of Topliss-reactive ketones (excluding diaryl/α,β-unsaturated/α-hetero) is 1. The Morgan fingerprint density at radius 1 is 1.15 bits per heavy atom. The third-order valence-electron chi connectivity index (χ3n) is 4.49. The van der Waals surface area contributed by atoms with Gasteiger partial charge >= 0.3 is 5.97 Å². The summed E-state index contributed by atoms with van der Waals surface area (Å²) in [6, 6.07) is 7.67. The monoisotopic (exact) mass is 375 g/mol. The maximum Gasteiger partial charge on any atom is 0.344 e. The summed E-state index contributed by atoms with van der Waals surface area (Å²) in [5.74, 6) is -0.387. The Hall–Kier alpha value is -2.27. The van der Waals surface area contributed by atoms with Crippen LogP contribution in [-0.2, 0) is 9.53 Å². The molecular formula is C20H22ClNO4. The van der Waals surface area contributed by atoms with Gasteiger partial charge in [-0.2, -0.15) is 0 Å². The lowest BCUT2D eigenvalue weighted by Gasteiger charge is -2.09. The molecule has 0 atom stereocenters. The van der Waals surface area contributed by atoms with Crippen LogP contribution in [0.15, 0.2) is 24.3 Å². The number of benzene rings is 1. The topological polar surface area (TPSA) is 57.5 Å². The fraction of sp³-hybridized carbons (Fsp3) is 0.400. The van der Waals surface area contributed by atoms with Crippen molar-refractivity contribution in [1.29, 1.82) is 0 Å². The van der Waals surface area contributed by atoms with Crippen molar-refractivity contribution in [3.8, 4) is 5.75 Å². The highest BCUT2D eigenvalue weighted by Gasteiger charge is 2.28. The molecule has 138 valence electrons. The van der Waals surface area contributed by atoms with E-state index >= 15 is 0 Å². The molecule has 1 heterocycles. The fourth-order valence-corrected chi connectivity index (χ4v) is 3.25. The summed E-state index contributed by atoms with van der Waals surface area (Å²) in [5.41, 5.74) is 3.59. The lowest BCUT2D eigenvalue weighted by atomic mass is 10.1. The zero-order valence-electron chi connectivity index (χ0n) is 15.2. The Kier molecular flexibility index (Phi) is 5.37. The van der Waals surface area contributed by atoms with Crippen molar-refractivity contribution in [2.24, 2.45) is 0 Å². The van der Waals surface area contributed by atoms with Crippen molar-refractivity contribution in [3.05, 3.63) is 51.8 Å². The number of carbonyl (C=O) groups excluding carboxylic acids is 2. The third kappa shape index (κ3) is 4.10. The van der Waals surface area contributed by atoms with E-state index in [1.165, 1.54) is 0 Å². The van der Waals surface area contributed by atoms with Gasteiger partial charge in [0.15, 0.2) is 13.2 Å². The number of hydrogen-bond acceptors (Lipinski definition) is 4. The molecule has 0 radical (unpaired) electrons. The minimum absolute atomic E-state index is 0.202. The van der Waals surface area contributed by atoms with Crippen LogP contribution in [0.4, 0.5) is 0 Å². The van der Waals surface area contributed by atoms with E-state index in [0.717, 1.165) is 29.8 Å². The van der Waals surface area contributed by atoms with Crippen LogP contribution in [0, 0.1) is 20.8 Å². The second kappa shape index (κ2) is 7.54. The minimum atomic E-state index is -0.605. The van der Waals surface area contributed by atoms with Crippen molar-refractivity contribution >= 4 is 23.4 Å². The van der Waals surface area contributed by atoms with Crippen molar-refractivity contribution in [2.45, 2.75) is 39.7 Å². The van der Waals surface area contributed by atoms with Gasteiger partial charge in [-0.15, -0.1) is 0 Å². The molecule has 5 nitrogen and oxygen atoms in total. The Balaban J connectivity index is 1.54. The smallest absolute Gasteiger partial charge is 0.344 e. The van der Waals surface area contributed by atoms with Gasteiger partial charge in [-0.3, -0.25) is 4.79 Å². The van der Waals surface area contributed by atoms with E-state index in [4.69, 9.17) is 21.1 Å². The van der Waals surface area contributed by atoms with E-state index in [9.17, 15) is 9.59 Å². The molecule has 0 N–H and O–H groups in total. The number of hydrogen-bond donors (Lipinski definition) is 0. The highest BCUT2D eigenvalue weighted by molar-refractivity contribution is 6.32. The van der Waals surface area contributed by atoms with E-state index in [2.05, 4.69) is 4.57 Å². The van der Waals surface area contributed by atoms with Crippen LogP contribution < -0.4 is 4.74 Å². The molecule has 0 spiro atoms. The van der Waals surface area contributed by atoms with Gasteiger partial charge < -0.3 is 14.0 Å². The summed E-state index contributed by atoms with van der Waals surface area (Å²) in [6.45, 7) is 5.24. The molecule has 1 saturated carbocycles. The van der Waals surface area contributed by atoms with E-state index < -0.39 is 5.97 Å². The van der Waals surface area contributed by atoms with Gasteiger partial charge in [-0.1, -0.05) is 17.7 Å². The van der Waals surface area contributed by atoms with Crippen molar-refractivity contribution in [1.82, 2.24) is 4.57 Å². The summed E-state index contributed by atoms with van der Waals surface area (Å²) < 4.78 is 12.6. The molecule has 1 aromatic carbocycles. The zero-order valence-corrected chi connectivity index (χ0v) is 15.9. The fourth-order valence-electron chi connectivity index (χ4n) is 3.08. The molecule has 2 aromatic rings. The van der Waals surface area contributed by atoms with E-state index in [1.807, 2.05) is 32.9 Å². The maximum absolute atomic E-state index is 12.4. The molecule has 0 aliphatic heterocycles. The summed E-state index contributed by atoms with van der Waals surface area (Å²) in [7, 11) is 0. The normalized spacial score (nSPS) is 13.5. The number of halogens is 1. The van der Waals surface area contributed by atoms with Gasteiger partial charge in [0.05, 0.1) is 5.02 Å². The molecule has 0 bridgehead atoms. The molecule has 6 heteroatoms. The van der Waals surface area contributed by atoms with E-state index in [1.54, 1.807) is 12.1 Å². The molecular weight excluding hydrogens is 354 g/mol. The van der Waals surface area contributed by atoms with Gasteiger partial charge in [0.1, 0.15) is 5.75 Å². The Morgan fingerprint density at radius 2 is 1.88 bits per heavy atom. The average molecular weight is 376 g/mol. The lowest BCUT2D eigenvalue weighted by molar-refractivity contribution is -0.144. The van der Waals surface area contributed by atoms with Crippen LogP contribution in [0.25, 0.3) is 0 Å². The molecule has 26 heavy (non-hydrogen) atoms. The molecule has 1 fully saturated rings. The Morgan fingerprint density at radius 3 is 2.58 bits per heavy atom. The first-order valence-electron chi connectivity index (χ1n) is 8.63. The quantitative estimate of drug-likeness (QED) is 0.537. The predicted molar refractivity (Wildman–Crippen MR) is 99.2 cm³/mol. The highest BCUT2D eigenvalue weighted by Crippen LogP contribution is 2.38. The SMILES string of the molecule is Cc1ccc(Cl)c(OCC(=O)OCC(=O)c2cc(C)n(C3CC3)c2C)c1. The number of esters is 1. The molecule has 3 rings (SSSR count). The number of aryl methyl sites for hydroxylation is 2. The number of carbonyl (C=O) groups is 2. The van der Waals surface area contributed by atoms with Gasteiger partial charge in [0.2, 0.25) is 5.78 Å². The second-order valence-corrected chi connectivity index (χ2v) is 7.10. The summed E-state index contributed by atoms with van der Waals surface area (Å²) in [4.78, 5) is 24.3. The molecule has 0 unspecified atom stereocenters. The number of ketones is 1. The lowest BCUT2D eigenvalue weighted by Crippen LogP contribution is -2.20. The predicted octanol–water partition coefficient (Wildman–Crippen LogP) is 4.21. The largest absolute Gasteiger partial charge is 0.480 e. The average Bonchev–Trinajstić information content (AvgIpc) is 3.38. The molecule has 1 aliphatic carbocycles. The number of nitrogens with zero attached hydrogens (tertiary/aromatic N) is 1. The van der Waals surface area contributed by atoms with E-state index in [-0.39, 0.29) is 19.0 Å². The third-order valence-corrected chi connectivity index (χ3v) is 4.81. The first-order chi connectivity index (χ1) is 12.4. The first kappa shape index (κ1) is 18.5. The van der Waals surface area contributed by atoms with Gasteiger partial charge in [0.25, 0.3) is 0 Å². The molecule has 0 saturated heterocycles. The van der Waals surface area contributed by atoms with Gasteiger partial charge in [-0.25, -0.2) is 4.79 Å². The molecule has 1 aliphatic rings. The van der Waals surface area contributed by atoms with Gasteiger partial charge in [-0.05, 0) is 57.4 Å². The Bertz CT molecular complexity index is 852. The van der Waals surface area contributed by atoms with Crippen LogP contribution >= 0.6 is 11.6 Å². The number of ether oxygens (including phenoxy) is 2. The Labute approximate surface area is 157 Å². The second-order valence-electron chi connectivity index (χ2n) is 6.69. The highest BCUT2D eigenvalue weighted by atomic mass is 35.5. The molecule has 0 amide bonds. The zero-order chi connectivity index (χ0) is 18.8. The van der Waals surface area contributed by atoms with Crippen LogP contribution in [-0.4, -0.2) is 29.5 Å². The number of rotatable bonds is 7. The van der Waals surface area contributed by atoms with Crippen LogP contribution in [0.1, 0.15) is 46.2 Å². The number of aromatic nitrogens is 1. The van der Waals surface area contributed by atoms with Crippen LogP contribution in [0.2, 0.25) is 5.02 Å². The summed E-state index contributed by atoms with van der Waals surface area (Å²) >= 11 is 6.02.